The van der Waals surface area contributed by atoms with E-state index in [0.717, 1.165) is 31.8 Å². The van der Waals surface area contributed by atoms with Crippen molar-refractivity contribution < 1.29 is 0 Å². The molecule has 2 aromatic rings. The highest BCUT2D eigenvalue weighted by Gasteiger charge is 2.16. The van der Waals surface area contributed by atoms with Gasteiger partial charge in [-0.3, -0.25) is 4.68 Å². The first-order valence-electron chi connectivity index (χ1n) is 5.71. The summed E-state index contributed by atoms with van der Waals surface area (Å²) in [6, 6.07) is 2.12. The highest BCUT2D eigenvalue weighted by atomic mass is 79.9. The van der Waals surface area contributed by atoms with Crippen molar-refractivity contribution in [2.24, 2.45) is 14.1 Å². The molecule has 2 rings (SSSR count). The topological polar surface area (TPSA) is 22.8 Å². The van der Waals surface area contributed by atoms with E-state index >= 15 is 0 Å². The van der Waals surface area contributed by atoms with Gasteiger partial charge in [0.25, 0.3) is 0 Å². The van der Waals surface area contributed by atoms with E-state index < -0.39 is 0 Å². The van der Waals surface area contributed by atoms with Crippen LogP contribution in [-0.2, 0) is 14.1 Å². The van der Waals surface area contributed by atoms with Crippen molar-refractivity contribution in [1.82, 2.24) is 14.3 Å². The fourth-order valence-corrected chi connectivity index (χ4v) is 2.68. The van der Waals surface area contributed by atoms with Crippen molar-refractivity contribution in [2.45, 2.75) is 28.2 Å². The Labute approximate surface area is 128 Å². The first-order chi connectivity index (χ1) is 8.34. The van der Waals surface area contributed by atoms with Crippen LogP contribution in [0.1, 0.15) is 24.1 Å². The van der Waals surface area contributed by atoms with Gasteiger partial charge in [0.15, 0.2) is 0 Å². The van der Waals surface area contributed by atoms with Gasteiger partial charge >= 0.3 is 0 Å². The number of hydrogen-bond donors (Lipinski definition) is 0. The Morgan fingerprint density at radius 1 is 1.16 bits per heavy atom. The lowest BCUT2D eigenvalue weighted by molar-refractivity contribution is 0.747. The SMILES string of the molecule is C.Cc1cc(C)c(=S)n(C)c1-c1nn(C)c(Br)c1C. The first kappa shape index (κ1) is 16.1. The molecule has 0 aliphatic carbocycles. The molecule has 0 amide bonds. The molecule has 0 aliphatic heterocycles. The van der Waals surface area contributed by atoms with Crippen molar-refractivity contribution in [2.75, 3.05) is 0 Å². The van der Waals surface area contributed by atoms with Crippen LogP contribution in [0.2, 0.25) is 0 Å². The molecule has 0 fully saturated rings. The van der Waals surface area contributed by atoms with Crippen molar-refractivity contribution in [1.29, 1.82) is 0 Å². The van der Waals surface area contributed by atoms with E-state index in [2.05, 4.69) is 40.9 Å². The smallest absolute Gasteiger partial charge is 0.113 e. The van der Waals surface area contributed by atoms with Gasteiger partial charge in [-0.05, 0) is 47.8 Å². The summed E-state index contributed by atoms with van der Waals surface area (Å²) in [5.41, 5.74) is 5.52. The third-order valence-corrected chi connectivity index (χ3v) is 4.91. The molecule has 0 saturated carbocycles. The minimum atomic E-state index is 0. The van der Waals surface area contributed by atoms with Crippen LogP contribution in [0, 0.1) is 25.4 Å². The molecular formula is C14H20BrN3S. The summed E-state index contributed by atoms with van der Waals surface area (Å²) in [5, 5.41) is 4.58. The number of hydrogen-bond acceptors (Lipinski definition) is 2. The van der Waals surface area contributed by atoms with Crippen molar-refractivity contribution >= 4 is 28.1 Å². The van der Waals surface area contributed by atoms with Gasteiger partial charge in [-0.2, -0.15) is 5.10 Å². The van der Waals surface area contributed by atoms with E-state index in [9.17, 15) is 0 Å². The summed E-state index contributed by atoms with van der Waals surface area (Å²) in [4.78, 5) is 0. The highest BCUT2D eigenvalue weighted by molar-refractivity contribution is 9.10. The predicted molar refractivity (Wildman–Crippen MR) is 87.1 cm³/mol. The van der Waals surface area contributed by atoms with E-state index in [1.54, 1.807) is 0 Å². The number of aromatic nitrogens is 3. The Hall–Kier alpha value is -0.940. The molecule has 0 N–H and O–H groups in total. The zero-order chi connectivity index (χ0) is 13.6. The van der Waals surface area contributed by atoms with Crippen LogP contribution in [0.3, 0.4) is 0 Å². The molecule has 3 nitrogen and oxygen atoms in total. The fourth-order valence-electron chi connectivity index (χ4n) is 2.27. The average Bonchev–Trinajstić information content (AvgIpc) is 2.55. The van der Waals surface area contributed by atoms with Gasteiger partial charge in [0.05, 0.1) is 5.69 Å². The summed E-state index contributed by atoms with van der Waals surface area (Å²) < 4.78 is 5.74. The maximum absolute atomic E-state index is 5.44. The molecule has 0 atom stereocenters. The van der Waals surface area contributed by atoms with E-state index in [0.29, 0.717) is 0 Å². The third-order valence-electron chi connectivity index (χ3n) is 3.21. The zero-order valence-electron chi connectivity index (χ0n) is 11.2. The van der Waals surface area contributed by atoms with Crippen LogP contribution < -0.4 is 0 Å². The van der Waals surface area contributed by atoms with E-state index in [-0.39, 0.29) is 7.43 Å². The molecule has 0 aliphatic rings. The Balaban J connectivity index is 0.00000180. The van der Waals surface area contributed by atoms with E-state index in [4.69, 9.17) is 12.2 Å². The molecule has 19 heavy (non-hydrogen) atoms. The number of pyridine rings is 1. The molecule has 5 heteroatoms. The van der Waals surface area contributed by atoms with Crippen LogP contribution in [0.4, 0.5) is 0 Å². The first-order valence-corrected chi connectivity index (χ1v) is 6.91. The quantitative estimate of drug-likeness (QED) is 0.713. The molecule has 0 unspecified atom stereocenters. The molecule has 2 aromatic heterocycles. The monoisotopic (exact) mass is 341 g/mol. The minimum absolute atomic E-state index is 0. The average molecular weight is 342 g/mol. The lowest BCUT2D eigenvalue weighted by atomic mass is 10.1. The Morgan fingerprint density at radius 3 is 2.21 bits per heavy atom. The second-order valence-electron chi connectivity index (χ2n) is 4.61. The van der Waals surface area contributed by atoms with Gasteiger partial charge in [0.2, 0.25) is 0 Å². The number of nitrogens with zero attached hydrogens (tertiary/aromatic N) is 3. The third kappa shape index (κ3) is 2.54. The Kier molecular flexibility index (Phi) is 4.74. The molecule has 0 radical (unpaired) electrons. The van der Waals surface area contributed by atoms with Gasteiger partial charge in [0, 0.05) is 19.7 Å². The summed E-state index contributed by atoms with van der Waals surface area (Å²) in [6.07, 6.45) is 0. The molecule has 0 bridgehead atoms. The Morgan fingerprint density at radius 2 is 1.74 bits per heavy atom. The normalized spacial score (nSPS) is 10.4. The van der Waals surface area contributed by atoms with Crippen molar-refractivity contribution in [3.63, 3.8) is 0 Å². The summed E-state index contributed by atoms with van der Waals surface area (Å²) >= 11 is 8.99. The second-order valence-corrected chi connectivity index (χ2v) is 5.75. The second kappa shape index (κ2) is 5.59. The van der Waals surface area contributed by atoms with Gasteiger partial charge in [0.1, 0.15) is 14.9 Å². The number of halogens is 1. The van der Waals surface area contributed by atoms with E-state index in [1.165, 1.54) is 5.56 Å². The highest BCUT2D eigenvalue weighted by Crippen LogP contribution is 2.30. The largest absolute Gasteiger partial charge is 0.333 e. The van der Waals surface area contributed by atoms with Gasteiger partial charge < -0.3 is 4.57 Å². The van der Waals surface area contributed by atoms with Gasteiger partial charge in [-0.15, -0.1) is 0 Å². The van der Waals surface area contributed by atoms with Crippen molar-refractivity contribution in [3.05, 3.63) is 32.0 Å². The predicted octanol–water partition coefficient (Wildman–Crippen LogP) is 4.48. The van der Waals surface area contributed by atoms with Crippen LogP contribution >= 0.6 is 28.1 Å². The van der Waals surface area contributed by atoms with E-state index in [1.807, 2.05) is 30.3 Å². The van der Waals surface area contributed by atoms with Gasteiger partial charge in [-0.1, -0.05) is 25.7 Å². The molecule has 104 valence electrons. The van der Waals surface area contributed by atoms with Crippen LogP contribution in [-0.4, -0.2) is 14.3 Å². The lowest BCUT2D eigenvalue weighted by Gasteiger charge is -2.13. The molecule has 0 spiro atoms. The maximum atomic E-state index is 5.44. The fraction of sp³-hybridized carbons (Fsp3) is 0.429. The zero-order valence-corrected chi connectivity index (χ0v) is 13.6. The molecular weight excluding hydrogens is 322 g/mol. The molecule has 2 heterocycles. The minimum Gasteiger partial charge on any atom is -0.333 e. The Bertz CT molecular complexity index is 683. The van der Waals surface area contributed by atoms with Crippen molar-refractivity contribution in [3.8, 4) is 11.4 Å². The summed E-state index contributed by atoms with van der Waals surface area (Å²) in [6.45, 7) is 6.20. The van der Waals surface area contributed by atoms with Crippen LogP contribution in [0.15, 0.2) is 10.7 Å². The summed E-state index contributed by atoms with van der Waals surface area (Å²) in [5.74, 6) is 0. The molecule has 0 saturated heterocycles. The van der Waals surface area contributed by atoms with Crippen LogP contribution in [0.5, 0.6) is 0 Å². The lowest BCUT2D eigenvalue weighted by Crippen LogP contribution is -2.04. The number of rotatable bonds is 1. The molecule has 0 aromatic carbocycles. The maximum Gasteiger partial charge on any atom is 0.113 e. The van der Waals surface area contributed by atoms with Gasteiger partial charge in [-0.25, -0.2) is 0 Å². The standard InChI is InChI=1S/C13H16BrN3S.CH4/c1-7-6-8(2)13(18)16(4)11(7)10-9(3)12(14)17(5)15-10;/h6H,1-5H3;1H4. The summed E-state index contributed by atoms with van der Waals surface area (Å²) in [7, 11) is 3.93. The van der Waals surface area contributed by atoms with Crippen LogP contribution in [0.25, 0.3) is 11.4 Å². The number of aryl methyl sites for hydroxylation is 3.